The van der Waals surface area contributed by atoms with Crippen LogP contribution in [0.5, 0.6) is 0 Å². The first-order chi connectivity index (χ1) is 15.8. The van der Waals surface area contributed by atoms with Gasteiger partial charge in [-0.2, -0.15) is 0 Å². The highest BCUT2D eigenvalue weighted by Gasteiger charge is 2.42. The van der Waals surface area contributed by atoms with Crippen molar-refractivity contribution in [3.05, 3.63) is 45.5 Å². The van der Waals surface area contributed by atoms with Crippen LogP contribution < -0.4 is 0 Å². The van der Waals surface area contributed by atoms with Crippen LogP contribution in [0, 0.1) is 24.2 Å². The molecule has 5 atom stereocenters. The van der Waals surface area contributed by atoms with Gasteiger partial charge in [-0.05, 0) is 44.8 Å². The van der Waals surface area contributed by atoms with Crippen LogP contribution in [-0.2, 0) is 14.3 Å². The quantitative estimate of drug-likeness (QED) is 0.565. The number of rotatable bonds is 2. The minimum absolute atomic E-state index is 0.131. The van der Waals surface area contributed by atoms with Crippen molar-refractivity contribution in [2.75, 3.05) is 0 Å². The zero-order valence-corrected chi connectivity index (χ0v) is 22.2. The van der Waals surface area contributed by atoms with E-state index in [9.17, 15) is 19.8 Å². The third kappa shape index (κ3) is 7.45. The Kier molecular flexibility index (Phi) is 9.97. The number of hydrogen-bond acceptors (Lipinski definition) is 7. The van der Waals surface area contributed by atoms with Crippen molar-refractivity contribution in [1.82, 2.24) is 4.98 Å². The predicted octanol–water partition coefficient (Wildman–Crippen LogP) is 5.04. The van der Waals surface area contributed by atoms with Crippen LogP contribution in [0.25, 0.3) is 6.08 Å². The Morgan fingerprint density at radius 3 is 2.50 bits per heavy atom. The molecule has 34 heavy (non-hydrogen) atoms. The number of nitrogens with zero attached hydrogens (tertiary/aromatic N) is 1. The number of carbonyl (C=O) groups excluding carboxylic acids is 2. The van der Waals surface area contributed by atoms with E-state index in [1.54, 1.807) is 32.1 Å². The standard InChI is InChI=1S/C27H39NO5S/c1-16-9-8-10-17(2)25(31)19(4)26(32)27(6,7)23(29)14-24(30)33-22(12-11-16)18(3)13-21-15-34-20(5)28-21/h8-9,11,13,15,17,19,22-23,25,29,31H,10,12,14H2,1-7H3/b9-8+,16-11+,18-13+/t17-,19+,22+,23-,25-/m0/s1. The minimum Gasteiger partial charge on any atom is -0.457 e. The van der Waals surface area contributed by atoms with E-state index < -0.39 is 35.6 Å². The molecule has 0 fully saturated rings. The Bertz CT molecular complexity index is 958. The van der Waals surface area contributed by atoms with Gasteiger partial charge in [-0.3, -0.25) is 9.59 Å². The van der Waals surface area contributed by atoms with E-state index in [2.05, 4.69) is 4.98 Å². The molecular formula is C27H39NO5S. The van der Waals surface area contributed by atoms with E-state index in [1.807, 2.05) is 57.4 Å². The highest BCUT2D eigenvalue weighted by atomic mass is 32.1. The van der Waals surface area contributed by atoms with Gasteiger partial charge in [-0.25, -0.2) is 4.98 Å². The van der Waals surface area contributed by atoms with Crippen molar-refractivity contribution < 1.29 is 24.5 Å². The second kappa shape index (κ2) is 12.0. The van der Waals surface area contributed by atoms with Gasteiger partial charge in [0.2, 0.25) is 0 Å². The van der Waals surface area contributed by atoms with Gasteiger partial charge in [-0.15, -0.1) is 11.3 Å². The lowest BCUT2D eigenvalue weighted by Crippen LogP contribution is -2.45. The first kappa shape index (κ1) is 28.1. The summed E-state index contributed by atoms with van der Waals surface area (Å²) in [7, 11) is 0. The molecule has 0 aliphatic carbocycles. The number of hydrogen-bond donors (Lipinski definition) is 2. The maximum atomic E-state index is 13.1. The molecule has 7 heteroatoms. The maximum absolute atomic E-state index is 13.1. The molecule has 0 spiro atoms. The fraction of sp³-hybridized carbons (Fsp3) is 0.593. The van der Waals surface area contributed by atoms with Crippen molar-refractivity contribution in [2.24, 2.45) is 17.3 Å². The summed E-state index contributed by atoms with van der Waals surface area (Å²) in [6.07, 6.45) is 6.09. The number of aromatic nitrogens is 1. The number of Topliss-reactive ketones (excluding diaryl/α,β-unsaturated/α-hetero) is 1. The molecule has 188 valence electrons. The summed E-state index contributed by atoms with van der Waals surface area (Å²) < 4.78 is 5.78. The zero-order chi connectivity index (χ0) is 25.6. The number of carbonyl (C=O) groups is 2. The Labute approximate surface area is 207 Å². The number of ketones is 1. The molecule has 1 aliphatic heterocycles. The molecule has 2 rings (SSSR count). The van der Waals surface area contributed by atoms with Crippen molar-refractivity contribution in [3.63, 3.8) is 0 Å². The molecule has 0 aromatic carbocycles. The highest BCUT2D eigenvalue weighted by Crippen LogP contribution is 2.32. The summed E-state index contributed by atoms with van der Waals surface area (Å²) >= 11 is 1.55. The second-order valence-electron chi connectivity index (χ2n) is 10.0. The zero-order valence-electron chi connectivity index (χ0n) is 21.4. The number of aliphatic hydroxyl groups is 2. The van der Waals surface area contributed by atoms with Gasteiger partial charge >= 0.3 is 5.97 Å². The summed E-state index contributed by atoms with van der Waals surface area (Å²) in [4.78, 5) is 30.4. The fourth-order valence-electron chi connectivity index (χ4n) is 4.09. The molecule has 0 saturated heterocycles. The van der Waals surface area contributed by atoms with Crippen molar-refractivity contribution in [2.45, 2.75) is 86.0 Å². The summed E-state index contributed by atoms with van der Waals surface area (Å²) in [5.74, 6) is -1.65. The average molecular weight is 490 g/mol. The van der Waals surface area contributed by atoms with Crippen LogP contribution in [0.4, 0.5) is 0 Å². The number of allylic oxidation sites excluding steroid dienone is 3. The van der Waals surface area contributed by atoms with E-state index in [0.29, 0.717) is 12.8 Å². The van der Waals surface area contributed by atoms with Gasteiger partial charge in [0.25, 0.3) is 0 Å². The SMILES string of the molecule is CC1=C\C[C@H](/C(C)=C/c2csc(C)n2)OC(=O)C[C@H](O)C(C)(C)C(=O)[C@H](C)[C@@H](O)[C@@H](C)C\C=C\1. The lowest BCUT2D eigenvalue weighted by Gasteiger charge is -2.34. The second-order valence-corrected chi connectivity index (χ2v) is 11.1. The first-order valence-corrected chi connectivity index (χ1v) is 12.7. The lowest BCUT2D eigenvalue weighted by molar-refractivity contribution is -0.154. The molecular weight excluding hydrogens is 450 g/mol. The van der Waals surface area contributed by atoms with Crippen molar-refractivity contribution >= 4 is 29.2 Å². The topological polar surface area (TPSA) is 96.7 Å². The third-order valence-electron chi connectivity index (χ3n) is 6.67. The van der Waals surface area contributed by atoms with Gasteiger partial charge in [0.15, 0.2) is 0 Å². The maximum Gasteiger partial charge on any atom is 0.309 e. The number of cyclic esters (lactones) is 1. The number of thiazole rings is 1. The third-order valence-corrected chi connectivity index (χ3v) is 7.47. The summed E-state index contributed by atoms with van der Waals surface area (Å²) in [6.45, 7) is 12.6. The van der Waals surface area contributed by atoms with Crippen LogP contribution >= 0.6 is 11.3 Å². The van der Waals surface area contributed by atoms with Gasteiger partial charge in [0.05, 0.1) is 34.7 Å². The Morgan fingerprint density at radius 1 is 1.21 bits per heavy atom. The van der Waals surface area contributed by atoms with Gasteiger partial charge in [0.1, 0.15) is 11.9 Å². The van der Waals surface area contributed by atoms with Crippen LogP contribution in [0.2, 0.25) is 0 Å². The number of aliphatic hydroxyl groups excluding tert-OH is 2. The van der Waals surface area contributed by atoms with E-state index >= 15 is 0 Å². The Hall–Kier alpha value is -2.09. The van der Waals surface area contributed by atoms with E-state index in [1.165, 1.54) is 0 Å². The largest absolute Gasteiger partial charge is 0.457 e. The van der Waals surface area contributed by atoms with E-state index in [-0.39, 0.29) is 18.1 Å². The molecule has 0 radical (unpaired) electrons. The van der Waals surface area contributed by atoms with Gasteiger partial charge in [-0.1, -0.05) is 51.5 Å². The molecule has 0 bridgehead atoms. The fourth-order valence-corrected chi connectivity index (χ4v) is 4.66. The molecule has 0 saturated carbocycles. The Balaban J connectivity index is 2.38. The summed E-state index contributed by atoms with van der Waals surface area (Å²) in [6, 6.07) is 0. The average Bonchev–Trinajstić information content (AvgIpc) is 3.18. The Morgan fingerprint density at radius 2 is 1.88 bits per heavy atom. The van der Waals surface area contributed by atoms with Crippen LogP contribution in [-0.4, -0.2) is 45.3 Å². The van der Waals surface area contributed by atoms with Crippen molar-refractivity contribution in [1.29, 1.82) is 0 Å². The monoisotopic (exact) mass is 489 g/mol. The molecule has 0 unspecified atom stereocenters. The normalized spacial score (nSPS) is 32.6. The molecule has 6 nitrogen and oxygen atoms in total. The first-order valence-electron chi connectivity index (χ1n) is 11.9. The molecule has 0 amide bonds. The van der Waals surface area contributed by atoms with Crippen molar-refractivity contribution in [3.8, 4) is 0 Å². The number of ether oxygens (including phenoxy) is 1. The van der Waals surface area contributed by atoms with E-state index in [0.717, 1.165) is 21.8 Å². The molecule has 1 aliphatic rings. The van der Waals surface area contributed by atoms with Gasteiger partial charge in [0, 0.05) is 17.7 Å². The highest BCUT2D eigenvalue weighted by molar-refractivity contribution is 7.09. The molecule has 2 N–H and O–H groups in total. The van der Waals surface area contributed by atoms with Crippen LogP contribution in [0.3, 0.4) is 0 Å². The minimum atomic E-state index is -1.23. The van der Waals surface area contributed by atoms with Crippen LogP contribution in [0.1, 0.15) is 71.5 Å². The lowest BCUT2D eigenvalue weighted by atomic mass is 9.73. The van der Waals surface area contributed by atoms with Crippen LogP contribution in [0.15, 0.2) is 34.8 Å². The smallest absolute Gasteiger partial charge is 0.309 e. The molecule has 1 aromatic heterocycles. The summed E-state index contributed by atoms with van der Waals surface area (Å²) in [5.41, 5.74) is 1.47. The van der Waals surface area contributed by atoms with E-state index in [4.69, 9.17) is 4.74 Å². The summed E-state index contributed by atoms with van der Waals surface area (Å²) in [5, 5.41) is 24.5. The number of aryl methyl sites for hydroxylation is 1. The molecule has 1 aromatic rings. The molecule has 2 heterocycles. The predicted molar refractivity (Wildman–Crippen MR) is 136 cm³/mol. The van der Waals surface area contributed by atoms with Gasteiger partial charge < -0.3 is 14.9 Å². The number of esters is 1.